The summed E-state index contributed by atoms with van der Waals surface area (Å²) in [4.78, 5) is 34.2. The van der Waals surface area contributed by atoms with Gasteiger partial charge in [-0.2, -0.15) is 0 Å². The molecule has 0 fully saturated rings. The second-order valence-electron chi connectivity index (χ2n) is 5.33. The standard InChI is InChI=1S/C17H23NO8/c1-3-7-23-16(21)25-13-6-5-11(9-12(18)15(19)20)10-14(13)26-17(22)24-8-4-2/h5-6,10,12H,3-4,7-9,18H2,1-2H3,(H,19,20)/t12-/m0/s1. The number of aliphatic carboxylic acids is 1. The zero-order valence-electron chi connectivity index (χ0n) is 14.7. The molecule has 0 saturated heterocycles. The number of carbonyl (C=O) groups excluding carboxylic acids is 2. The van der Waals surface area contributed by atoms with E-state index in [1.54, 1.807) is 0 Å². The number of carboxylic acid groups (broad SMARTS) is 1. The molecule has 9 nitrogen and oxygen atoms in total. The van der Waals surface area contributed by atoms with Crippen molar-refractivity contribution in [1.82, 2.24) is 0 Å². The van der Waals surface area contributed by atoms with E-state index < -0.39 is 24.3 Å². The number of rotatable bonds is 9. The fourth-order valence-electron chi connectivity index (χ4n) is 1.79. The molecular weight excluding hydrogens is 346 g/mol. The lowest BCUT2D eigenvalue weighted by Crippen LogP contribution is -2.32. The molecule has 144 valence electrons. The second kappa shape index (κ2) is 10.9. The monoisotopic (exact) mass is 369 g/mol. The van der Waals surface area contributed by atoms with E-state index in [9.17, 15) is 14.4 Å². The molecular formula is C17H23NO8. The molecule has 0 bridgehead atoms. The van der Waals surface area contributed by atoms with E-state index in [2.05, 4.69) is 0 Å². The fourth-order valence-corrected chi connectivity index (χ4v) is 1.79. The summed E-state index contributed by atoms with van der Waals surface area (Å²) in [5, 5.41) is 8.89. The van der Waals surface area contributed by atoms with Crippen LogP contribution in [0.5, 0.6) is 11.5 Å². The lowest BCUT2D eigenvalue weighted by atomic mass is 10.1. The van der Waals surface area contributed by atoms with Crippen LogP contribution in [0.3, 0.4) is 0 Å². The molecule has 0 heterocycles. The highest BCUT2D eigenvalue weighted by Gasteiger charge is 2.18. The van der Waals surface area contributed by atoms with Crippen LogP contribution in [0.4, 0.5) is 9.59 Å². The first-order valence-corrected chi connectivity index (χ1v) is 8.17. The average molecular weight is 369 g/mol. The van der Waals surface area contributed by atoms with Crippen LogP contribution in [0.2, 0.25) is 0 Å². The van der Waals surface area contributed by atoms with Gasteiger partial charge in [-0.05, 0) is 37.0 Å². The Labute approximate surface area is 151 Å². The molecule has 0 aliphatic carbocycles. The van der Waals surface area contributed by atoms with E-state index in [4.69, 9.17) is 29.8 Å². The van der Waals surface area contributed by atoms with Crippen LogP contribution >= 0.6 is 0 Å². The first kappa shape index (κ1) is 21.2. The van der Waals surface area contributed by atoms with Crippen molar-refractivity contribution in [3.63, 3.8) is 0 Å². The third-order valence-electron chi connectivity index (χ3n) is 3.02. The van der Waals surface area contributed by atoms with Gasteiger partial charge >= 0.3 is 18.3 Å². The number of nitrogens with two attached hydrogens (primary N) is 1. The molecule has 0 aliphatic heterocycles. The molecule has 0 radical (unpaired) electrons. The van der Waals surface area contributed by atoms with Gasteiger partial charge in [-0.3, -0.25) is 4.79 Å². The molecule has 3 N–H and O–H groups in total. The number of ether oxygens (including phenoxy) is 4. The van der Waals surface area contributed by atoms with Crippen LogP contribution in [0, 0.1) is 0 Å². The summed E-state index contributed by atoms with van der Waals surface area (Å²) < 4.78 is 19.7. The van der Waals surface area contributed by atoms with Gasteiger partial charge < -0.3 is 29.8 Å². The van der Waals surface area contributed by atoms with Gasteiger partial charge in [0.2, 0.25) is 0 Å². The molecule has 0 amide bonds. The van der Waals surface area contributed by atoms with Crippen LogP contribution in [0.25, 0.3) is 0 Å². The van der Waals surface area contributed by atoms with Gasteiger partial charge in [-0.25, -0.2) is 9.59 Å². The summed E-state index contributed by atoms with van der Waals surface area (Å²) in [5.74, 6) is -1.33. The minimum Gasteiger partial charge on any atom is -0.480 e. The van der Waals surface area contributed by atoms with Gasteiger partial charge in [-0.15, -0.1) is 0 Å². The molecule has 9 heteroatoms. The van der Waals surface area contributed by atoms with Gasteiger partial charge in [0.1, 0.15) is 6.04 Å². The normalized spacial score (nSPS) is 11.3. The lowest BCUT2D eigenvalue weighted by Gasteiger charge is -2.13. The van der Waals surface area contributed by atoms with Crippen LogP contribution in [0.1, 0.15) is 32.3 Å². The van der Waals surface area contributed by atoms with Crippen molar-refractivity contribution in [2.45, 2.75) is 39.2 Å². The van der Waals surface area contributed by atoms with Crippen molar-refractivity contribution in [1.29, 1.82) is 0 Å². The number of carboxylic acids is 1. The van der Waals surface area contributed by atoms with Crippen LogP contribution in [-0.4, -0.2) is 42.6 Å². The SMILES string of the molecule is CCCOC(=O)Oc1ccc(C[C@H](N)C(=O)O)cc1OC(=O)OCCC. The molecule has 1 aromatic carbocycles. The maximum absolute atomic E-state index is 11.7. The predicted octanol–water partition coefficient (Wildman–Crippen LogP) is 2.49. The summed E-state index contributed by atoms with van der Waals surface area (Å²) >= 11 is 0. The van der Waals surface area contributed by atoms with E-state index in [0.717, 1.165) is 0 Å². The molecule has 0 aliphatic rings. The third-order valence-corrected chi connectivity index (χ3v) is 3.02. The Morgan fingerprint density at radius 2 is 1.54 bits per heavy atom. The molecule has 1 rings (SSSR count). The minimum absolute atomic E-state index is 0.00371. The number of hydrogen-bond donors (Lipinski definition) is 2. The largest absolute Gasteiger partial charge is 0.513 e. The predicted molar refractivity (Wildman–Crippen MR) is 90.3 cm³/mol. The number of benzene rings is 1. The van der Waals surface area contributed by atoms with Gasteiger partial charge in [-0.1, -0.05) is 19.9 Å². The summed E-state index contributed by atoms with van der Waals surface area (Å²) in [6.45, 7) is 3.99. The van der Waals surface area contributed by atoms with Crippen molar-refractivity contribution in [2.24, 2.45) is 5.73 Å². The molecule has 1 aromatic rings. The Hall–Kier alpha value is -2.81. The highest BCUT2D eigenvalue weighted by molar-refractivity contribution is 5.74. The van der Waals surface area contributed by atoms with Gasteiger partial charge in [0.25, 0.3) is 0 Å². The summed E-state index contributed by atoms with van der Waals surface area (Å²) in [5.41, 5.74) is 5.98. The Bertz CT molecular complexity index is 631. The summed E-state index contributed by atoms with van der Waals surface area (Å²) in [6, 6.07) is 3.10. The number of hydrogen-bond acceptors (Lipinski definition) is 8. The van der Waals surface area contributed by atoms with E-state index in [1.807, 2.05) is 13.8 Å². The smallest absolute Gasteiger partial charge is 0.480 e. The molecule has 0 spiro atoms. The van der Waals surface area contributed by atoms with Crippen molar-refractivity contribution in [3.8, 4) is 11.5 Å². The van der Waals surface area contributed by atoms with Crippen LogP contribution in [0.15, 0.2) is 18.2 Å². The van der Waals surface area contributed by atoms with E-state index in [1.165, 1.54) is 18.2 Å². The van der Waals surface area contributed by atoms with Crippen LogP contribution in [-0.2, 0) is 20.7 Å². The molecule has 0 saturated carbocycles. The first-order valence-electron chi connectivity index (χ1n) is 8.17. The highest BCUT2D eigenvalue weighted by atomic mass is 16.7. The lowest BCUT2D eigenvalue weighted by molar-refractivity contribution is -0.138. The van der Waals surface area contributed by atoms with Gasteiger partial charge in [0, 0.05) is 0 Å². The quantitative estimate of drug-likeness (QED) is 0.497. The first-order chi connectivity index (χ1) is 12.4. The van der Waals surface area contributed by atoms with E-state index in [-0.39, 0.29) is 31.1 Å². The summed E-state index contributed by atoms with van der Waals surface area (Å²) in [7, 11) is 0. The second-order valence-corrected chi connectivity index (χ2v) is 5.33. The van der Waals surface area contributed by atoms with Crippen molar-refractivity contribution in [3.05, 3.63) is 23.8 Å². The van der Waals surface area contributed by atoms with Gasteiger partial charge in [0.15, 0.2) is 11.5 Å². The maximum atomic E-state index is 11.7. The Kier molecular flexibility index (Phi) is 8.93. The average Bonchev–Trinajstić information content (AvgIpc) is 2.60. The van der Waals surface area contributed by atoms with E-state index in [0.29, 0.717) is 18.4 Å². The van der Waals surface area contributed by atoms with Crippen LogP contribution < -0.4 is 15.2 Å². The molecule has 0 aromatic heterocycles. The van der Waals surface area contributed by atoms with Crippen molar-refractivity contribution >= 4 is 18.3 Å². The zero-order valence-corrected chi connectivity index (χ0v) is 14.7. The van der Waals surface area contributed by atoms with Gasteiger partial charge in [0.05, 0.1) is 13.2 Å². The Morgan fingerprint density at radius 3 is 2.04 bits per heavy atom. The summed E-state index contributed by atoms with van der Waals surface area (Å²) in [6.07, 6.45) is -0.703. The fraction of sp³-hybridized carbons (Fsp3) is 0.471. The molecule has 26 heavy (non-hydrogen) atoms. The Morgan fingerprint density at radius 1 is 1.00 bits per heavy atom. The van der Waals surface area contributed by atoms with E-state index >= 15 is 0 Å². The Balaban J connectivity index is 2.96. The molecule has 0 unspecified atom stereocenters. The minimum atomic E-state index is -1.17. The molecule has 1 atom stereocenters. The number of carbonyl (C=O) groups is 3. The third kappa shape index (κ3) is 7.39. The topological polar surface area (TPSA) is 134 Å². The zero-order chi connectivity index (χ0) is 19.5. The highest BCUT2D eigenvalue weighted by Crippen LogP contribution is 2.30. The maximum Gasteiger partial charge on any atom is 0.513 e. The van der Waals surface area contributed by atoms with Crippen molar-refractivity contribution < 1.29 is 38.4 Å². The van der Waals surface area contributed by atoms with Crippen molar-refractivity contribution in [2.75, 3.05) is 13.2 Å².